The molecule has 3 atom stereocenters. The van der Waals surface area contributed by atoms with Crippen molar-refractivity contribution in [2.75, 3.05) is 6.54 Å². The van der Waals surface area contributed by atoms with E-state index in [9.17, 15) is 9.59 Å². The summed E-state index contributed by atoms with van der Waals surface area (Å²) >= 11 is 0. The SMILES string of the molecule is C[C@H]1NCC[C@@H](CC(=O)O)[C@H]1CC(=O)O. The lowest BCUT2D eigenvalue weighted by molar-refractivity contribution is -0.142. The first-order valence-electron chi connectivity index (χ1n) is 5.17. The second-order valence-electron chi connectivity index (χ2n) is 4.15. The molecule has 15 heavy (non-hydrogen) atoms. The van der Waals surface area contributed by atoms with Crippen LogP contribution in [0.15, 0.2) is 0 Å². The largest absolute Gasteiger partial charge is 0.481 e. The van der Waals surface area contributed by atoms with E-state index in [1.807, 2.05) is 6.92 Å². The van der Waals surface area contributed by atoms with E-state index < -0.39 is 11.9 Å². The first kappa shape index (κ1) is 12.0. The summed E-state index contributed by atoms with van der Waals surface area (Å²) in [5, 5.41) is 20.7. The van der Waals surface area contributed by atoms with Crippen molar-refractivity contribution in [2.45, 2.75) is 32.2 Å². The molecule has 0 aromatic heterocycles. The Balaban J connectivity index is 2.63. The molecule has 86 valence electrons. The molecule has 1 saturated heterocycles. The molecule has 1 aliphatic heterocycles. The Morgan fingerprint density at radius 3 is 2.40 bits per heavy atom. The van der Waals surface area contributed by atoms with E-state index >= 15 is 0 Å². The molecule has 0 bridgehead atoms. The number of carbonyl (C=O) groups is 2. The summed E-state index contributed by atoms with van der Waals surface area (Å²) < 4.78 is 0. The molecular weight excluding hydrogens is 198 g/mol. The van der Waals surface area contributed by atoms with Crippen molar-refractivity contribution in [1.82, 2.24) is 5.32 Å². The van der Waals surface area contributed by atoms with Gasteiger partial charge < -0.3 is 15.5 Å². The third-order valence-electron chi connectivity index (χ3n) is 3.08. The average molecular weight is 215 g/mol. The van der Waals surface area contributed by atoms with Crippen LogP contribution in [0.5, 0.6) is 0 Å². The van der Waals surface area contributed by atoms with Gasteiger partial charge in [-0.15, -0.1) is 0 Å². The fourth-order valence-electron chi connectivity index (χ4n) is 2.29. The van der Waals surface area contributed by atoms with E-state index in [1.165, 1.54) is 0 Å². The summed E-state index contributed by atoms with van der Waals surface area (Å²) in [6, 6.07) is 0.0826. The van der Waals surface area contributed by atoms with Gasteiger partial charge in [0.15, 0.2) is 0 Å². The first-order chi connectivity index (χ1) is 7.00. The van der Waals surface area contributed by atoms with Crippen LogP contribution >= 0.6 is 0 Å². The Kier molecular flexibility index (Phi) is 4.08. The minimum atomic E-state index is -0.856. The summed E-state index contributed by atoms with van der Waals surface area (Å²) in [5.74, 6) is -1.79. The predicted molar refractivity (Wildman–Crippen MR) is 53.6 cm³/mol. The number of rotatable bonds is 4. The Morgan fingerprint density at radius 1 is 1.27 bits per heavy atom. The van der Waals surface area contributed by atoms with Crippen molar-refractivity contribution in [3.05, 3.63) is 0 Å². The van der Waals surface area contributed by atoms with Gasteiger partial charge in [-0.25, -0.2) is 0 Å². The number of hydrogen-bond acceptors (Lipinski definition) is 3. The lowest BCUT2D eigenvalue weighted by Crippen LogP contribution is -2.45. The topological polar surface area (TPSA) is 86.6 Å². The zero-order valence-corrected chi connectivity index (χ0v) is 8.77. The summed E-state index contributed by atoms with van der Waals surface area (Å²) in [4.78, 5) is 21.3. The van der Waals surface area contributed by atoms with Crippen LogP contribution in [0.1, 0.15) is 26.2 Å². The lowest BCUT2D eigenvalue weighted by atomic mass is 9.77. The van der Waals surface area contributed by atoms with Gasteiger partial charge >= 0.3 is 11.9 Å². The zero-order chi connectivity index (χ0) is 11.4. The lowest BCUT2D eigenvalue weighted by Gasteiger charge is -2.35. The molecule has 0 unspecified atom stereocenters. The van der Waals surface area contributed by atoms with Crippen molar-refractivity contribution in [1.29, 1.82) is 0 Å². The van der Waals surface area contributed by atoms with Crippen molar-refractivity contribution in [2.24, 2.45) is 11.8 Å². The molecular formula is C10H17NO4. The fourth-order valence-corrected chi connectivity index (χ4v) is 2.29. The summed E-state index contributed by atoms with van der Waals surface area (Å²) in [6.07, 6.45) is 0.866. The van der Waals surface area contributed by atoms with Crippen LogP contribution in [-0.4, -0.2) is 34.7 Å². The van der Waals surface area contributed by atoms with E-state index in [2.05, 4.69) is 5.32 Å². The maximum absolute atomic E-state index is 10.7. The van der Waals surface area contributed by atoms with Crippen molar-refractivity contribution >= 4 is 11.9 Å². The van der Waals surface area contributed by atoms with Gasteiger partial charge in [-0.1, -0.05) is 0 Å². The summed E-state index contributed by atoms with van der Waals surface area (Å²) in [7, 11) is 0. The van der Waals surface area contributed by atoms with Gasteiger partial charge in [-0.05, 0) is 31.7 Å². The number of hydrogen-bond donors (Lipinski definition) is 3. The first-order valence-corrected chi connectivity index (χ1v) is 5.17. The molecule has 5 nitrogen and oxygen atoms in total. The molecule has 0 aliphatic carbocycles. The van der Waals surface area contributed by atoms with Crippen LogP contribution in [-0.2, 0) is 9.59 Å². The third kappa shape index (κ3) is 3.51. The van der Waals surface area contributed by atoms with Gasteiger partial charge in [-0.3, -0.25) is 9.59 Å². The Hall–Kier alpha value is -1.10. The minimum Gasteiger partial charge on any atom is -0.481 e. The second kappa shape index (κ2) is 5.11. The molecule has 1 rings (SSSR count). The predicted octanol–water partition coefficient (Wildman–Crippen LogP) is 0.550. The number of aliphatic carboxylic acids is 2. The fraction of sp³-hybridized carbons (Fsp3) is 0.800. The Labute approximate surface area is 88.5 Å². The molecule has 0 aromatic carbocycles. The van der Waals surface area contributed by atoms with Crippen LogP contribution in [0.2, 0.25) is 0 Å². The highest BCUT2D eigenvalue weighted by atomic mass is 16.4. The smallest absolute Gasteiger partial charge is 0.303 e. The third-order valence-corrected chi connectivity index (χ3v) is 3.08. The van der Waals surface area contributed by atoms with Gasteiger partial charge in [0, 0.05) is 18.9 Å². The molecule has 1 heterocycles. The zero-order valence-electron chi connectivity index (χ0n) is 8.77. The van der Waals surface area contributed by atoms with Crippen LogP contribution in [0.25, 0.3) is 0 Å². The highest BCUT2D eigenvalue weighted by molar-refractivity contribution is 5.69. The number of carboxylic acids is 2. The molecule has 0 amide bonds. The van der Waals surface area contributed by atoms with E-state index in [4.69, 9.17) is 10.2 Å². The van der Waals surface area contributed by atoms with E-state index in [-0.39, 0.29) is 30.7 Å². The molecule has 0 saturated carbocycles. The van der Waals surface area contributed by atoms with Gasteiger partial charge in [0.2, 0.25) is 0 Å². The number of carboxylic acid groups (broad SMARTS) is 2. The Morgan fingerprint density at radius 2 is 1.87 bits per heavy atom. The number of piperidine rings is 1. The maximum atomic E-state index is 10.7. The van der Waals surface area contributed by atoms with Crippen LogP contribution in [0, 0.1) is 11.8 Å². The van der Waals surface area contributed by atoms with Gasteiger partial charge in [-0.2, -0.15) is 0 Å². The molecule has 3 N–H and O–H groups in total. The van der Waals surface area contributed by atoms with Crippen LogP contribution < -0.4 is 5.32 Å². The van der Waals surface area contributed by atoms with Crippen LogP contribution in [0.4, 0.5) is 0 Å². The summed E-state index contributed by atoms with van der Waals surface area (Å²) in [6.45, 7) is 2.69. The maximum Gasteiger partial charge on any atom is 0.303 e. The molecule has 1 aliphatic rings. The highest BCUT2D eigenvalue weighted by Crippen LogP contribution is 2.29. The summed E-state index contributed by atoms with van der Waals surface area (Å²) in [5.41, 5.74) is 0. The number of nitrogens with one attached hydrogen (secondary N) is 1. The van der Waals surface area contributed by atoms with Gasteiger partial charge in [0.1, 0.15) is 0 Å². The Bertz CT molecular complexity index is 254. The van der Waals surface area contributed by atoms with Crippen molar-refractivity contribution in [3.63, 3.8) is 0 Å². The van der Waals surface area contributed by atoms with Crippen molar-refractivity contribution in [3.8, 4) is 0 Å². The van der Waals surface area contributed by atoms with Crippen LogP contribution in [0.3, 0.4) is 0 Å². The second-order valence-corrected chi connectivity index (χ2v) is 4.15. The average Bonchev–Trinajstić information content (AvgIpc) is 2.09. The minimum absolute atomic E-state index is 0.0187. The van der Waals surface area contributed by atoms with E-state index in [0.29, 0.717) is 0 Å². The van der Waals surface area contributed by atoms with Crippen molar-refractivity contribution < 1.29 is 19.8 Å². The molecule has 0 radical (unpaired) electrons. The normalized spacial score (nSPS) is 31.1. The van der Waals surface area contributed by atoms with E-state index in [1.54, 1.807) is 0 Å². The molecule has 1 fully saturated rings. The molecule has 0 spiro atoms. The standard InChI is InChI=1S/C10H17NO4/c1-6-8(5-10(14)15)7(2-3-11-6)4-9(12)13/h6-8,11H,2-5H2,1H3,(H,12,13)(H,14,15)/t6-,7+,8+/m1/s1. The van der Waals surface area contributed by atoms with Gasteiger partial charge in [0.05, 0.1) is 0 Å². The van der Waals surface area contributed by atoms with E-state index in [0.717, 1.165) is 13.0 Å². The molecule has 5 heteroatoms. The monoisotopic (exact) mass is 215 g/mol. The highest BCUT2D eigenvalue weighted by Gasteiger charge is 2.33. The quantitative estimate of drug-likeness (QED) is 0.637. The van der Waals surface area contributed by atoms with Gasteiger partial charge in [0.25, 0.3) is 0 Å². The molecule has 0 aromatic rings.